The predicted octanol–water partition coefficient (Wildman–Crippen LogP) is 3.38. The van der Waals surface area contributed by atoms with Gasteiger partial charge in [-0.15, -0.1) is 0 Å². The number of rotatable bonds is 8. The van der Waals surface area contributed by atoms with Gasteiger partial charge in [0.15, 0.2) is 0 Å². The third-order valence-electron chi connectivity index (χ3n) is 3.77. The third kappa shape index (κ3) is 5.77. The van der Waals surface area contributed by atoms with Crippen molar-refractivity contribution in [2.45, 2.75) is 19.8 Å². The average molecular weight is 352 g/mol. The van der Waals surface area contributed by atoms with Crippen molar-refractivity contribution < 1.29 is 14.3 Å². The van der Waals surface area contributed by atoms with Crippen LogP contribution in [-0.2, 0) is 4.79 Å². The standard InChI is InChI=1S/C21H24N2O3/c1-3-4-14-22-21(25)19(15-16-8-6-5-7-9-16)23-20(24)17-10-12-18(26-2)13-11-17/h5-13,15H,3-4,14H2,1-2H3,(H,22,25)(H,23,24). The predicted molar refractivity (Wildman–Crippen MR) is 103 cm³/mol. The normalized spacial score (nSPS) is 10.9. The lowest BCUT2D eigenvalue weighted by Gasteiger charge is -2.11. The van der Waals surface area contributed by atoms with Crippen molar-refractivity contribution in [2.75, 3.05) is 13.7 Å². The summed E-state index contributed by atoms with van der Waals surface area (Å²) in [6.07, 6.45) is 3.54. The molecule has 2 N–H and O–H groups in total. The first-order valence-corrected chi connectivity index (χ1v) is 8.64. The minimum atomic E-state index is -0.347. The lowest BCUT2D eigenvalue weighted by atomic mass is 10.1. The Morgan fingerprint density at radius 3 is 2.35 bits per heavy atom. The zero-order chi connectivity index (χ0) is 18.8. The molecule has 0 saturated carbocycles. The molecule has 0 atom stereocenters. The number of hydrogen-bond donors (Lipinski definition) is 2. The van der Waals surface area contributed by atoms with Crippen molar-refractivity contribution >= 4 is 17.9 Å². The smallest absolute Gasteiger partial charge is 0.267 e. The summed E-state index contributed by atoms with van der Waals surface area (Å²) < 4.78 is 5.09. The summed E-state index contributed by atoms with van der Waals surface area (Å²) in [5.74, 6) is 0.0172. The summed E-state index contributed by atoms with van der Waals surface area (Å²) in [5, 5.41) is 5.55. The Morgan fingerprint density at radius 1 is 1.04 bits per heavy atom. The van der Waals surface area contributed by atoms with Crippen LogP contribution in [0.25, 0.3) is 6.08 Å². The van der Waals surface area contributed by atoms with E-state index in [-0.39, 0.29) is 17.5 Å². The number of methoxy groups -OCH3 is 1. The molecule has 2 amide bonds. The first kappa shape index (κ1) is 19.2. The van der Waals surface area contributed by atoms with E-state index in [2.05, 4.69) is 17.6 Å². The van der Waals surface area contributed by atoms with E-state index in [9.17, 15) is 9.59 Å². The zero-order valence-electron chi connectivity index (χ0n) is 15.1. The molecule has 0 fully saturated rings. The number of carbonyl (C=O) groups is 2. The van der Waals surface area contributed by atoms with E-state index >= 15 is 0 Å². The van der Waals surface area contributed by atoms with Gasteiger partial charge >= 0.3 is 0 Å². The number of benzene rings is 2. The van der Waals surface area contributed by atoms with E-state index in [0.717, 1.165) is 18.4 Å². The SMILES string of the molecule is CCCCNC(=O)C(=Cc1ccccc1)NC(=O)c1ccc(OC)cc1. The van der Waals surface area contributed by atoms with Gasteiger partial charge in [0.05, 0.1) is 7.11 Å². The van der Waals surface area contributed by atoms with Gasteiger partial charge in [-0.05, 0) is 42.3 Å². The molecule has 2 rings (SSSR count). The van der Waals surface area contributed by atoms with E-state index in [1.807, 2.05) is 30.3 Å². The highest BCUT2D eigenvalue weighted by atomic mass is 16.5. The van der Waals surface area contributed by atoms with E-state index in [0.29, 0.717) is 17.9 Å². The fourth-order valence-electron chi connectivity index (χ4n) is 2.29. The zero-order valence-corrected chi connectivity index (χ0v) is 15.1. The molecule has 26 heavy (non-hydrogen) atoms. The molecule has 0 aliphatic rings. The molecule has 0 heterocycles. The van der Waals surface area contributed by atoms with Crippen LogP contribution in [0.3, 0.4) is 0 Å². The van der Waals surface area contributed by atoms with E-state index in [1.54, 1.807) is 37.5 Å². The Kier molecular flexibility index (Phi) is 7.43. The number of amides is 2. The van der Waals surface area contributed by atoms with Crippen LogP contribution in [0.15, 0.2) is 60.3 Å². The summed E-state index contributed by atoms with van der Waals surface area (Å²) in [6, 6.07) is 16.1. The van der Waals surface area contributed by atoms with Crippen LogP contribution in [0.5, 0.6) is 5.75 Å². The Bertz CT molecular complexity index is 753. The lowest BCUT2D eigenvalue weighted by Crippen LogP contribution is -2.35. The number of carbonyl (C=O) groups excluding carboxylic acids is 2. The van der Waals surface area contributed by atoms with E-state index in [1.165, 1.54) is 0 Å². The Labute approximate surface area is 154 Å². The Morgan fingerprint density at radius 2 is 1.73 bits per heavy atom. The fourth-order valence-corrected chi connectivity index (χ4v) is 2.29. The van der Waals surface area contributed by atoms with Crippen molar-refractivity contribution in [2.24, 2.45) is 0 Å². The van der Waals surface area contributed by atoms with Gasteiger partial charge in [0, 0.05) is 12.1 Å². The van der Waals surface area contributed by atoms with Crippen molar-refractivity contribution in [3.8, 4) is 5.75 Å². The van der Waals surface area contributed by atoms with Gasteiger partial charge < -0.3 is 15.4 Å². The van der Waals surface area contributed by atoms with Crippen LogP contribution in [0.4, 0.5) is 0 Å². The summed E-state index contributed by atoms with van der Waals surface area (Å²) in [5.41, 5.74) is 1.50. The molecule has 0 aromatic heterocycles. The largest absolute Gasteiger partial charge is 0.497 e. The highest BCUT2D eigenvalue weighted by molar-refractivity contribution is 6.05. The van der Waals surface area contributed by atoms with Crippen molar-refractivity contribution in [1.82, 2.24) is 10.6 Å². The molecule has 5 heteroatoms. The molecule has 0 unspecified atom stereocenters. The van der Waals surface area contributed by atoms with Crippen LogP contribution < -0.4 is 15.4 Å². The van der Waals surface area contributed by atoms with Gasteiger partial charge in [0.25, 0.3) is 11.8 Å². The van der Waals surface area contributed by atoms with Crippen molar-refractivity contribution in [3.05, 3.63) is 71.4 Å². The maximum absolute atomic E-state index is 12.5. The third-order valence-corrected chi connectivity index (χ3v) is 3.77. The van der Waals surface area contributed by atoms with E-state index in [4.69, 9.17) is 4.74 Å². The molecule has 2 aromatic rings. The topological polar surface area (TPSA) is 67.4 Å². The number of unbranched alkanes of at least 4 members (excludes halogenated alkanes) is 1. The molecule has 0 bridgehead atoms. The van der Waals surface area contributed by atoms with Gasteiger partial charge in [-0.2, -0.15) is 0 Å². The number of hydrogen-bond acceptors (Lipinski definition) is 3. The minimum Gasteiger partial charge on any atom is -0.497 e. The van der Waals surface area contributed by atoms with Crippen LogP contribution in [-0.4, -0.2) is 25.5 Å². The number of nitrogens with one attached hydrogen (secondary N) is 2. The first-order chi connectivity index (χ1) is 12.6. The van der Waals surface area contributed by atoms with Crippen molar-refractivity contribution in [3.63, 3.8) is 0 Å². The molecular formula is C21H24N2O3. The monoisotopic (exact) mass is 352 g/mol. The Balaban J connectivity index is 2.18. The molecule has 0 saturated heterocycles. The lowest BCUT2D eigenvalue weighted by molar-refractivity contribution is -0.117. The van der Waals surface area contributed by atoms with E-state index < -0.39 is 0 Å². The van der Waals surface area contributed by atoms with Gasteiger partial charge in [0.1, 0.15) is 11.4 Å². The van der Waals surface area contributed by atoms with Crippen LogP contribution in [0.1, 0.15) is 35.7 Å². The molecule has 0 radical (unpaired) electrons. The van der Waals surface area contributed by atoms with Crippen LogP contribution in [0, 0.1) is 0 Å². The maximum atomic E-state index is 12.5. The fraction of sp³-hybridized carbons (Fsp3) is 0.238. The highest BCUT2D eigenvalue weighted by Crippen LogP contribution is 2.12. The molecule has 0 aliphatic heterocycles. The second kappa shape index (κ2) is 10.0. The summed E-state index contributed by atoms with van der Waals surface area (Å²) in [4.78, 5) is 25.0. The summed E-state index contributed by atoms with van der Waals surface area (Å²) in [7, 11) is 1.57. The van der Waals surface area contributed by atoms with Crippen LogP contribution >= 0.6 is 0 Å². The molecule has 136 valence electrons. The summed E-state index contributed by atoms with van der Waals surface area (Å²) in [6.45, 7) is 2.62. The molecule has 5 nitrogen and oxygen atoms in total. The second-order valence-corrected chi connectivity index (χ2v) is 5.76. The van der Waals surface area contributed by atoms with Gasteiger partial charge in [-0.1, -0.05) is 43.7 Å². The average Bonchev–Trinajstić information content (AvgIpc) is 2.68. The maximum Gasteiger partial charge on any atom is 0.267 e. The first-order valence-electron chi connectivity index (χ1n) is 8.64. The van der Waals surface area contributed by atoms with Gasteiger partial charge in [-0.25, -0.2) is 0 Å². The molecular weight excluding hydrogens is 328 g/mol. The van der Waals surface area contributed by atoms with Crippen LogP contribution in [0.2, 0.25) is 0 Å². The number of ether oxygens (including phenoxy) is 1. The quantitative estimate of drug-likeness (QED) is 0.565. The van der Waals surface area contributed by atoms with Gasteiger partial charge in [-0.3, -0.25) is 9.59 Å². The molecule has 2 aromatic carbocycles. The second-order valence-electron chi connectivity index (χ2n) is 5.76. The molecule has 0 spiro atoms. The summed E-state index contributed by atoms with van der Waals surface area (Å²) >= 11 is 0. The minimum absolute atomic E-state index is 0.216. The highest BCUT2D eigenvalue weighted by Gasteiger charge is 2.14. The van der Waals surface area contributed by atoms with Crippen molar-refractivity contribution in [1.29, 1.82) is 0 Å². The van der Waals surface area contributed by atoms with Gasteiger partial charge in [0.2, 0.25) is 0 Å². The Hall–Kier alpha value is -3.08. The molecule has 0 aliphatic carbocycles.